The number of nitrogens with two attached hydrogens (primary N) is 1. The predicted octanol–water partition coefficient (Wildman–Crippen LogP) is 5.07. The van der Waals surface area contributed by atoms with Crippen molar-refractivity contribution in [1.82, 2.24) is 4.57 Å². The van der Waals surface area contributed by atoms with E-state index in [1.807, 2.05) is 25.1 Å². The molecule has 2 N–H and O–H groups in total. The smallest absolute Gasteiger partial charge is 0.250 e. The number of aromatic nitrogens is 1. The molecule has 4 rings (SSSR count). The summed E-state index contributed by atoms with van der Waals surface area (Å²) in [5, 5.41) is 2.38. The minimum atomic E-state index is -0.391. The Morgan fingerprint density at radius 2 is 1.67 bits per heavy atom. The van der Waals surface area contributed by atoms with E-state index in [1.54, 1.807) is 0 Å². The number of carbonyl (C=O) groups excluding carboxylic acids is 1. The first kappa shape index (κ1) is 17.1. The van der Waals surface area contributed by atoms with E-state index in [0.717, 1.165) is 17.0 Å². The van der Waals surface area contributed by atoms with Crippen molar-refractivity contribution >= 4 is 16.7 Å². The second kappa shape index (κ2) is 6.76. The van der Waals surface area contributed by atoms with E-state index < -0.39 is 5.91 Å². The molecule has 27 heavy (non-hydrogen) atoms. The zero-order chi connectivity index (χ0) is 19.0. The Hall–Kier alpha value is -3.33. The van der Waals surface area contributed by atoms with Gasteiger partial charge in [-0.2, -0.15) is 0 Å². The van der Waals surface area contributed by atoms with Crippen LogP contribution in [-0.4, -0.2) is 10.5 Å². The Balaban J connectivity index is 1.87. The lowest BCUT2D eigenvalue weighted by atomic mass is 10.0. The first-order valence-corrected chi connectivity index (χ1v) is 9.07. The standard InChI is InChI=1S/C24H22N2O/c1-16-6-5-7-18(12-16)15-26-17(2)22(24(25)27)14-23(26)21-11-10-19-8-3-4-9-20(19)13-21/h3-14H,15H2,1-2H3,(H2,25,27). The zero-order valence-electron chi connectivity index (χ0n) is 15.6. The van der Waals surface area contributed by atoms with E-state index in [9.17, 15) is 4.79 Å². The summed E-state index contributed by atoms with van der Waals surface area (Å²) < 4.78 is 2.18. The van der Waals surface area contributed by atoms with Crippen molar-refractivity contribution in [3.05, 3.63) is 95.2 Å². The van der Waals surface area contributed by atoms with Crippen LogP contribution < -0.4 is 5.73 Å². The largest absolute Gasteiger partial charge is 0.366 e. The molecule has 0 radical (unpaired) electrons. The molecule has 4 aromatic rings. The van der Waals surface area contributed by atoms with Crippen molar-refractivity contribution in [1.29, 1.82) is 0 Å². The van der Waals surface area contributed by atoms with E-state index in [1.165, 1.54) is 21.9 Å². The van der Waals surface area contributed by atoms with Gasteiger partial charge in [-0.3, -0.25) is 4.79 Å². The van der Waals surface area contributed by atoms with Crippen molar-refractivity contribution in [2.24, 2.45) is 5.73 Å². The number of carbonyl (C=O) groups is 1. The minimum absolute atomic E-state index is 0.391. The van der Waals surface area contributed by atoms with Gasteiger partial charge in [0.15, 0.2) is 0 Å². The highest BCUT2D eigenvalue weighted by Gasteiger charge is 2.17. The third-order valence-electron chi connectivity index (χ3n) is 5.10. The highest BCUT2D eigenvalue weighted by Crippen LogP contribution is 2.29. The molecule has 1 aromatic heterocycles. The summed E-state index contributed by atoms with van der Waals surface area (Å²) >= 11 is 0. The van der Waals surface area contributed by atoms with Crippen molar-refractivity contribution < 1.29 is 4.79 Å². The lowest BCUT2D eigenvalue weighted by Crippen LogP contribution is -2.12. The van der Waals surface area contributed by atoms with Gasteiger partial charge < -0.3 is 10.3 Å². The number of rotatable bonds is 4. The Morgan fingerprint density at radius 3 is 2.41 bits per heavy atom. The molecule has 0 spiro atoms. The summed E-state index contributed by atoms with van der Waals surface area (Å²) in [7, 11) is 0. The molecule has 0 fully saturated rings. The molecule has 3 nitrogen and oxygen atoms in total. The molecule has 0 saturated heterocycles. The van der Waals surface area contributed by atoms with Gasteiger partial charge in [-0.25, -0.2) is 0 Å². The quantitative estimate of drug-likeness (QED) is 0.546. The van der Waals surface area contributed by atoms with Gasteiger partial charge in [0, 0.05) is 17.9 Å². The Labute approximate surface area is 159 Å². The molecule has 1 amide bonds. The summed E-state index contributed by atoms with van der Waals surface area (Å²) in [6.07, 6.45) is 0. The molecule has 1 heterocycles. The van der Waals surface area contributed by atoms with Gasteiger partial charge >= 0.3 is 0 Å². The molecular formula is C24H22N2O. The van der Waals surface area contributed by atoms with Crippen molar-refractivity contribution in [2.45, 2.75) is 20.4 Å². The lowest BCUT2D eigenvalue weighted by molar-refractivity contribution is 0.0999. The fraction of sp³-hybridized carbons (Fsp3) is 0.125. The third kappa shape index (κ3) is 3.24. The summed E-state index contributed by atoms with van der Waals surface area (Å²) in [6.45, 7) is 4.74. The second-order valence-electron chi connectivity index (χ2n) is 7.03. The number of primary amides is 1. The molecule has 0 unspecified atom stereocenters. The number of hydrogen-bond donors (Lipinski definition) is 1. The van der Waals surface area contributed by atoms with E-state index >= 15 is 0 Å². The molecule has 0 saturated carbocycles. The van der Waals surface area contributed by atoms with Gasteiger partial charge in [0.25, 0.3) is 5.91 Å². The first-order valence-electron chi connectivity index (χ1n) is 9.07. The first-order chi connectivity index (χ1) is 13.0. The van der Waals surface area contributed by atoms with Crippen LogP contribution in [-0.2, 0) is 6.54 Å². The van der Waals surface area contributed by atoms with E-state index in [-0.39, 0.29) is 0 Å². The molecule has 0 aliphatic heterocycles. The second-order valence-corrected chi connectivity index (χ2v) is 7.03. The highest BCUT2D eigenvalue weighted by atomic mass is 16.1. The van der Waals surface area contributed by atoms with Crippen LogP contribution in [0.3, 0.4) is 0 Å². The van der Waals surface area contributed by atoms with Crippen molar-refractivity contribution in [3.8, 4) is 11.3 Å². The van der Waals surface area contributed by atoms with Crippen LogP contribution in [0.2, 0.25) is 0 Å². The van der Waals surface area contributed by atoms with Crippen LogP contribution >= 0.6 is 0 Å². The van der Waals surface area contributed by atoms with Gasteiger partial charge in [-0.15, -0.1) is 0 Å². The monoisotopic (exact) mass is 354 g/mol. The summed E-state index contributed by atoms with van der Waals surface area (Å²) in [4.78, 5) is 11.9. The summed E-state index contributed by atoms with van der Waals surface area (Å²) in [6, 6.07) is 25.0. The average molecular weight is 354 g/mol. The maximum Gasteiger partial charge on any atom is 0.250 e. The van der Waals surface area contributed by atoms with Crippen LogP contribution in [0, 0.1) is 13.8 Å². The van der Waals surface area contributed by atoms with Gasteiger partial charge in [0.2, 0.25) is 0 Å². The maximum atomic E-state index is 11.9. The summed E-state index contributed by atoms with van der Waals surface area (Å²) in [5.41, 5.74) is 11.6. The fourth-order valence-electron chi connectivity index (χ4n) is 3.68. The molecular weight excluding hydrogens is 332 g/mol. The average Bonchev–Trinajstić information content (AvgIpc) is 2.98. The minimum Gasteiger partial charge on any atom is -0.366 e. The van der Waals surface area contributed by atoms with Crippen molar-refractivity contribution in [3.63, 3.8) is 0 Å². The third-order valence-corrected chi connectivity index (χ3v) is 5.10. The Morgan fingerprint density at radius 1 is 0.889 bits per heavy atom. The van der Waals surface area contributed by atoms with Gasteiger partial charge in [-0.05, 0) is 47.9 Å². The number of nitrogens with zero attached hydrogens (tertiary/aromatic N) is 1. The van der Waals surface area contributed by atoms with Crippen molar-refractivity contribution in [2.75, 3.05) is 0 Å². The lowest BCUT2D eigenvalue weighted by Gasteiger charge is -2.13. The fourth-order valence-corrected chi connectivity index (χ4v) is 3.68. The SMILES string of the molecule is Cc1cccc(Cn2c(-c3ccc4ccccc4c3)cc(C(N)=O)c2C)c1. The van der Waals surface area contributed by atoms with Crippen LogP contribution in [0.25, 0.3) is 22.0 Å². The number of fused-ring (bicyclic) bond motifs is 1. The molecule has 0 aliphatic rings. The summed E-state index contributed by atoms with van der Waals surface area (Å²) in [5.74, 6) is -0.391. The number of benzene rings is 3. The van der Waals surface area contributed by atoms with E-state index in [0.29, 0.717) is 12.1 Å². The molecule has 134 valence electrons. The Bertz CT molecular complexity index is 1150. The molecule has 0 atom stereocenters. The van der Waals surface area contributed by atoms with Crippen LogP contribution in [0.1, 0.15) is 27.2 Å². The molecule has 3 heteroatoms. The number of aryl methyl sites for hydroxylation is 1. The maximum absolute atomic E-state index is 11.9. The molecule has 0 aliphatic carbocycles. The highest BCUT2D eigenvalue weighted by molar-refractivity contribution is 5.96. The number of hydrogen-bond acceptors (Lipinski definition) is 1. The van der Waals surface area contributed by atoms with Crippen LogP contribution in [0.15, 0.2) is 72.8 Å². The van der Waals surface area contributed by atoms with Gasteiger partial charge in [-0.1, -0.05) is 66.2 Å². The predicted molar refractivity (Wildman–Crippen MR) is 111 cm³/mol. The molecule has 0 bridgehead atoms. The van der Waals surface area contributed by atoms with E-state index in [2.05, 4.69) is 66.1 Å². The topological polar surface area (TPSA) is 48.0 Å². The van der Waals surface area contributed by atoms with Crippen LogP contribution in [0.4, 0.5) is 0 Å². The molecule has 3 aromatic carbocycles. The van der Waals surface area contributed by atoms with Crippen LogP contribution in [0.5, 0.6) is 0 Å². The van der Waals surface area contributed by atoms with Gasteiger partial charge in [0.05, 0.1) is 5.56 Å². The Kier molecular flexibility index (Phi) is 4.28. The van der Waals surface area contributed by atoms with Gasteiger partial charge in [0.1, 0.15) is 0 Å². The van der Waals surface area contributed by atoms with E-state index in [4.69, 9.17) is 5.73 Å². The normalized spacial score (nSPS) is 11.0. The number of amides is 1. The zero-order valence-corrected chi connectivity index (χ0v) is 15.6.